The van der Waals surface area contributed by atoms with Crippen molar-refractivity contribution < 1.29 is 37.7 Å². The zero-order chi connectivity index (χ0) is 21.0. The van der Waals surface area contributed by atoms with E-state index < -0.39 is 11.9 Å². The number of carboxylic acid groups (broad SMARTS) is 1. The van der Waals surface area contributed by atoms with E-state index in [1.807, 2.05) is 0 Å². The predicted molar refractivity (Wildman–Crippen MR) is 104 cm³/mol. The van der Waals surface area contributed by atoms with E-state index in [0.29, 0.717) is 16.9 Å². The molecule has 0 saturated carbocycles. The summed E-state index contributed by atoms with van der Waals surface area (Å²) in [5, 5.41) is 10.2. The Labute approximate surface area is 165 Å². The van der Waals surface area contributed by atoms with Gasteiger partial charge < -0.3 is 28.2 Å². The van der Waals surface area contributed by atoms with Gasteiger partial charge in [0.15, 0.2) is 0 Å². The lowest BCUT2D eigenvalue weighted by Gasteiger charge is -1.96. The highest BCUT2D eigenvalue weighted by molar-refractivity contribution is 5.93. The Morgan fingerprint density at radius 3 is 1.69 bits per heavy atom. The van der Waals surface area contributed by atoms with Crippen LogP contribution in [0.2, 0.25) is 0 Å². The van der Waals surface area contributed by atoms with Crippen molar-refractivity contribution in [2.45, 2.75) is 0 Å². The van der Waals surface area contributed by atoms with Crippen LogP contribution in [0.1, 0.15) is 21.1 Å². The maximum absolute atomic E-state index is 11.2. The average Bonchev–Trinajstić information content (AvgIpc) is 3.36. The van der Waals surface area contributed by atoms with Crippen molar-refractivity contribution in [2.24, 2.45) is 0 Å². The molecule has 2 aromatic carbocycles. The van der Waals surface area contributed by atoms with E-state index in [4.69, 9.17) is 23.4 Å². The molecule has 2 aromatic heterocycles. The van der Waals surface area contributed by atoms with Crippen LogP contribution >= 0.6 is 0 Å². The van der Waals surface area contributed by atoms with E-state index >= 15 is 0 Å². The first-order valence-electron chi connectivity index (χ1n) is 8.42. The number of esters is 1. The van der Waals surface area contributed by atoms with Gasteiger partial charge in [-0.3, -0.25) is 0 Å². The van der Waals surface area contributed by atoms with E-state index in [1.165, 1.54) is 13.2 Å². The van der Waals surface area contributed by atoms with Gasteiger partial charge in [0.25, 0.3) is 0 Å². The molecule has 0 fully saturated rings. The lowest BCUT2D eigenvalue weighted by atomic mass is 10.2. The molecule has 0 spiro atoms. The van der Waals surface area contributed by atoms with E-state index in [2.05, 4.69) is 4.74 Å². The van der Waals surface area contributed by atoms with Gasteiger partial charge in [-0.05, 0) is 48.5 Å². The molecule has 0 aliphatic heterocycles. The Kier molecular flexibility index (Phi) is 5.73. The summed E-state index contributed by atoms with van der Waals surface area (Å²) in [4.78, 5) is 21.8. The van der Waals surface area contributed by atoms with Crippen LogP contribution in [0.25, 0.3) is 21.9 Å². The van der Waals surface area contributed by atoms with Crippen molar-refractivity contribution in [3.05, 3.63) is 60.1 Å². The van der Waals surface area contributed by atoms with Gasteiger partial charge >= 0.3 is 11.9 Å². The fraction of sp³-hybridized carbons (Fsp3) is 0.143. The summed E-state index contributed by atoms with van der Waals surface area (Å²) in [6, 6.07) is 13.5. The number of ether oxygens (including phenoxy) is 3. The van der Waals surface area contributed by atoms with Crippen LogP contribution in [0.5, 0.6) is 11.5 Å². The number of carbonyl (C=O) groups excluding carboxylic acids is 1. The molecule has 0 aliphatic rings. The Morgan fingerprint density at radius 1 is 0.759 bits per heavy atom. The van der Waals surface area contributed by atoms with Gasteiger partial charge in [0.2, 0.25) is 11.5 Å². The number of methoxy groups -OCH3 is 3. The predicted octanol–water partition coefficient (Wildman–Crippen LogP) is 4.37. The van der Waals surface area contributed by atoms with Gasteiger partial charge in [-0.1, -0.05) is 0 Å². The second-order valence-corrected chi connectivity index (χ2v) is 5.83. The van der Waals surface area contributed by atoms with E-state index in [0.717, 1.165) is 16.5 Å². The molecular formula is C21H18O8. The van der Waals surface area contributed by atoms with Crippen LogP contribution in [0.3, 0.4) is 0 Å². The molecular weight excluding hydrogens is 380 g/mol. The first-order chi connectivity index (χ1) is 13.9. The van der Waals surface area contributed by atoms with Crippen molar-refractivity contribution in [1.82, 2.24) is 0 Å². The summed E-state index contributed by atoms with van der Waals surface area (Å²) in [6.07, 6.45) is 0. The number of benzene rings is 2. The van der Waals surface area contributed by atoms with Crippen molar-refractivity contribution in [3.8, 4) is 11.5 Å². The maximum atomic E-state index is 11.2. The van der Waals surface area contributed by atoms with Gasteiger partial charge in [0.1, 0.15) is 22.7 Å². The fourth-order valence-electron chi connectivity index (χ4n) is 2.60. The average molecular weight is 398 g/mol. The molecule has 4 aromatic rings. The summed E-state index contributed by atoms with van der Waals surface area (Å²) >= 11 is 0. The molecule has 0 saturated heterocycles. The Balaban J connectivity index is 0.000000166. The van der Waals surface area contributed by atoms with E-state index in [1.54, 1.807) is 56.7 Å². The van der Waals surface area contributed by atoms with E-state index in [9.17, 15) is 9.59 Å². The third kappa shape index (κ3) is 4.32. The number of hydrogen-bond donors (Lipinski definition) is 1. The van der Waals surface area contributed by atoms with Gasteiger partial charge in [-0.2, -0.15) is 0 Å². The van der Waals surface area contributed by atoms with Crippen LogP contribution in [0.15, 0.2) is 57.4 Å². The molecule has 0 unspecified atom stereocenters. The third-order valence-corrected chi connectivity index (χ3v) is 4.04. The number of rotatable bonds is 4. The number of carboxylic acids is 1. The maximum Gasteiger partial charge on any atom is 0.373 e. The Morgan fingerprint density at radius 2 is 1.24 bits per heavy atom. The van der Waals surface area contributed by atoms with Crippen molar-refractivity contribution in [1.29, 1.82) is 0 Å². The van der Waals surface area contributed by atoms with Gasteiger partial charge in [-0.15, -0.1) is 0 Å². The number of fused-ring (bicyclic) bond motifs is 2. The number of carbonyl (C=O) groups is 2. The number of furan rings is 2. The van der Waals surface area contributed by atoms with Crippen molar-refractivity contribution in [3.63, 3.8) is 0 Å². The lowest BCUT2D eigenvalue weighted by molar-refractivity contribution is 0.0567. The molecule has 8 heteroatoms. The van der Waals surface area contributed by atoms with Crippen LogP contribution in [0, 0.1) is 0 Å². The van der Waals surface area contributed by atoms with Crippen LogP contribution in [-0.4, -0.2) is 38.4 Å². The van der Waals surface area contributed by atoms with Crippen LogP contribution in [0.4, 0.5) is 0 Å². The molecule has 0 aliphatic carbocycles. The molecule has 0 atom stereocenters. The molecule has 150 valence electrons. The zero-order valence-electron chi connectivity index (χ0n) is 15.9. The minimum absolute atomic E-state index is 0.0618. The van der Waals surface area contributed by atoms with Crippen LogP contribution < -0.4 is 9.47 Å². The Hall–Kier alpha value is -3.94. The zero-order valence-corrected chi connectivity index (χ0v) is 15.9. The highest BCUT2D eigenvalue weighted by Crippen LogP contribution is 2.25. The summed E-state index contributed by atoms with van der Waals surface area (Å²) in [6.45, 7) is 0. The van der Waals surface area contributed by atoms with Crippen LogP contribution in [-0.2, 0) is 4.74 Å². The van der Waals surface area contributed by atoms with Gasteiger partial charge in [0.05, 0.1) is 21.3 Å². The summed E-state index contributed by atoms with van der Waals surface area (Å²) in [7, 11) is 4.46. The molecule has 0 bridgehead atoms. The third-order valence-electron chi connectivity index (χ3n) is 4.04. The summed E-state index contributed by atoms with van der Waals surface area (Å²) in [5.41, 5.74) is 1.18. The first-order valence-corrected chi connectivity index (χ1v) is 8.42. The highest BCUT2D eigenvalue weighted by Gasteiger charge is 2.12. The minimum atomic E-state index is -1.07. The molecule has 8 nitrogen and oxygen atoms in total. The number of aromatic carboxylic acids is 1. The summed E-state index contributed by atoms with van der Waals surface area (Å²) < 4.78 is 25.0. The highest BCUT2D eigenvalue weighted by atomic mass is 16.5. The molecule has 0 radical (unpaired) electrons. The SMILES string of the molecule is COC(=O)c1cc2cc(OC)ccc2o1.COc1ccc2oc(C(=O)O)cc2c1. The molecule has 4 rings (SSSR count). The molecule has 0 amide bonds. The molecule has 2 heterocycles. The Bertz CT molecular complexity index is 1170. The fourth-order valence-corrected chi connectivity index (χ4v) is 2.60. The lowest BCUT2D eigenvalue weighted by Crippen LogP contribution is -1.97. The molecule has 1 N–H and O–H groups in total. The minimum Gasteiger partial charge on any atom is -0.497 e. The number of hydrogen-bond acceptors (Lipinski definition) is 7. The topological polar surface area (TPSA) is 108 Å². The second kappa shape index (κ2) is 8.39. The first kappa shape index (κ1) is 19.8. The largest absolute Gasteiger partial charge is 0.497 e. The summed E-state index contributed by atoms with van der Waals surface area (Å²) in [5.74, 6) is -0.0192. The van der Waals surface area contributed by atoms with Crippen molar-refractivity contribution >= 4 is 33.9 Å². The van der Waals surface area contributed by atoms with Crippen molar-refractivity contribution in [2.75, 3.05) is 21.3 Å². The van der Waals surface area contributed by atoms with Gasteiger partial charge in [0, 0.05) is 10.8 Å². The normalized spacial score (nSPS) is 10.3. The smallest absolute Gasteiger partial charge is 0.373 e. The standard InChI is InChI=1S/C11H10O4.C10H8O4/c1-13-8-3-4-9-7(5-8)6-10(15-9)11(12)14-2;1-13-7-2-3-8-6(4-7)5-9(14-8)10(11)12/h3-6H,1-2H3;2-5H,1H3,(H,11,12). The van der Waals surface area contributed by atoms with E-state index in [-0.39, 0.29) is 11.5 Å². The second-order valence-electron chi connectivity index (χ2n) is 5.83. The molecule has 29 heavy (non-hydrogen) atoms. The monoisotopic (exact) mass is 398 g/mol. The van der Waals surface area contributed by atoms with Gasteiger partial charge in [-0.25, -0.2) is 9.59 Å². The quantitative estimate of drug-likeness (QED) is 0.505.